The quantitative estimate of drug-likeness (QED) is 0.420. The van der Waals surface area contributed by atoms with Crippen LogP contribution in [0.1, 0.15) is 57.4 Å². The monoisotopic (exact) mass is 390 g/mol. The highest BCUT2D eigenvalue weighted by atomic mass is 19.3. The number of allylic oxidation sites excluding steroid dienone is 1. The number of rotatable bonds is 8. The first-order chi connectivity index (χ1) is 13.4. The van der Waals surface area contributed by atoms with E-state index < -0.39 is 17.8 Å². The topological polar surface area (TPSA) is 9.23 Å². The molecular weight excluding hydrogens is 361 g/mol. The molecule has 0 atom stereocenters. The summed E-state index contributed by atoms with van der Waals surface area (Å²) >= 11 is 0. The molecule has 1 fully saturated rings. The molecule has 0 saturated heterocycles. The molecular formula is C24H29F3O. The average molecular weight is 390 g/mol. The van der Waals surface area contributed by atoms with Gasteiger partial charge >= 0.3 is 6.11 Å². The number of hydrogen-bond acceptors (Lipinski definition) is 1. The second-order valence-corrected chi connectivity index (χ2v) is 7.96. The van der Waals surface area contributed by atoms with Crippen molar-refractivity contribution < 1.29 is 17.9 Å². The van der Waals surface area contributed by atoms with E-state index in [0.717, 1.165) is 44.1 Å². The lowest BCUT2D eigenvalue weighted by molar-refractivity contribution is -0.224. The predicted molar refractivity (Wildman–Crippen MR) is 108 cm³/mol. The summed E-state index contributed by atoms with van der Waals surface area (Å²) in [6.07, 6.45) is 4.76. The fourth-order valence-electron chi connectivity index (χ4n) is 4.23. The molecule has 0 aliphatic heterocycles. The summed E-state index contributed by atoms with van der Waals surface area (Å²) in [5.41, 5.74) is 1.06. The smallest absolute Gasteiger partial charge is 0.400 e. The number of halogens is 3. The highest BCUT2D eigenvalue weighted by molar-refractivity contribution is 5.84. The molecule has 0 aromatic heterocycles. The van der Waals surface area contributed by atoms with Gasteiger partial charge < -0.3 is 4.74 Å². The number of aryl methyl sites for hydroxylation is 1. The number of ether oxygens (including phenoxy) is 1. The van der Waals surface area contributed by atoms with Crippen molar-refractivity contribution in [1.29, 1.82) is 0 Å². The fourth-order valence-corrected chi connectivity index (χ4v) is 4.23. The Labute approximate surface area is 165 Å². The third-order valence-corrected chi connectivity index (χ3v) is 5.86. The minimum Gasteiger partial charge on any atom is -0.429 e. The summed E-state index contributed by atoms with van der Waals surface area (Å²) < 4.78 is 48.8. The zero-order chi connectivity index (χ0) is 20.1. The molecule has 1 saturated carbocycles. The standard InChI is InChI=1S/C24H29F3O/c1-3-5-7-18-8-11-19-16-23(22(25)15-20(19)14-18)28-24(26,27)21-12-9-17(6-4-2)10-13-21/h3,8,11,14-17,21H,1,4-7,9-10,12-13H2,2H3. The van der Waals surface area contributed by atoms with Gasteiger partial charge in [-0.3, -0.25) is 0 Å². The Hall–Kier alpha value is -1.97. The summed E-state index contributed by atoms with van der Waals surface area (Å²) in [6.45, 7) is 5.82. The minimum atomic E-state index is -3.35. The molecule has 1 aliphatic rings. The lowest BCUT2D eigenvalue weighted by atomic mass is 9.79. The summed E-state index contributed by atoms with van der Waals surface area (Å²) in [5.74, 6) is -1.43. The molecule has 2 aromatic rings. The van der Waals surface area contributed by atoms with Gasteiger partial charge in [-0.05, 0) is 72.9 Å². The van der Waals surface area contributed by atoms with E-state index in [-0.39, 0.29) is 5.75 Å². The molecule has 0 N–H and O–H groups in total. The first-order valence-electron chi connectivity index (χ1n) is 10.3. The molecule has 0 heterocycles. The molecule has 2 aromatic carbocycles. The Morgan fingerprint density at radius 2 is 1.86 bits per heavy atom. The maximum Gasteiger partial charge on any atom is 0.400 e. The molecule has 0 unspecified atom stereocenters. The van der Waals surface area contributed by atoms with Crippen LogP contribution in [-0.4, -0.2) is 6.11 Å². The van der Waals surface area contributed by atoms with Crippen LogP contribution in [0.15, 0.2) is 43.0 Å². The van der Waals surface area contributed by atoms with Crippen molar-refractivity contribution in [2.75, 3.05) is 0 Å². The van der Waals surface area contributed by atoms with Gasteiger partial charge in [0.15, 0.2) is 11.6 Å². The number of alkyl halides is 2. The summed E-state index contributed by atoms with van der Waals surface area (Å²) in [7, 11) is 0. The maximum absolute atomic E-state index is 14.7. The zero-order valence-electron chi connectivity index (χ0n) is 16.5. The molecule has 0 amide bonds. The highest BCUT2D eigenvalue weighted by Crippen LogP contribution is 2.42. The van der Waals surface area contributed by atoms with E-state index in [0.29, 0.717) is 29.5 Å². The van der Waals surface area contributed by atoms with Crippen molar-refractivity contribution in [3.63, 3.8) is 0 Å². The molecule has 0 bridgehead atoms. The lowest BCUT2D eigenvalue weighted by Crippen LogP contribution is -2.37. The Balaban J connectivity index is 1.73. The van der Waals surface area contributed by atoms with Crippen LogP contribution < -0.4 is 4.74 Å². The molecule has 1 nitrogen and oxygen atoms in total. The second kappa shape index (κ2) is 9.02. The van der Waals surface area contributed by atoms with Crippen molar-refractivity contribution in [3.05, 3.63) is 54.4 Å². The van der Waals surface area contributed by atoms with Gasteiger partial charge in [-0.25, -0.2) is 4.39 Å². The third-order valence-electron chi connectivity index (χ3n) is 5.86. The van der Waals surface area contributed by atoms with Gasteiger partial charge in [-0.15, -0.1) is 6.58 Å². The van der Waals surface area contributed by atoms with Crippen LogP contribution in [0, 0.1) is 17.7 Å². The van der Waals surface area contributed by atoms with Gasteiger partial charge in [-0.2, -0.15) is 8.78 Å². The highest BCUT2D eigenvalue weighted by Gasteiger charge is 2.44. The van der Waals surface area contributed by atoms with E-state index in [1.54, 1.807) is 0 Å². The van der Waals surface area contributed by atoms with Crippen LogP contribution >= 0.6 is 0 Å². The Morgan fingerprint density at radius 3 is 2.54 bits per heavy atom. The van der Waals surface area contributed by atoms with Crippen LogP contribution in [-0.2, 0) is 6.42 Å². The van der Waals surface area contributed by atoms with Crippen LogP contribution in [0.4, 0.5) is 13.2 Å². The van der Waals surface area contributed by atoms with E-state index in [4.69, 9.17) is 4.74 Å². The van der Waals surface area contributed by atoms with E-state index in [2.05, 4.69) is 13.5 Å². The van der Waals surface area contributed by atoms with Crippen LogP contribution in [0.2, 0.25) is 0 Å². The van der Waals surface area contributed by atoms with Gasteiger partial charge in [0.2, 0.25) is 0 Å². The predicted octanol–water partition coefficient (Wildman–Crippen LogP) is 7.68. The second-order valence-electron chi connectivity index (χ2n) is 7.96. The van der Waals surface area contributed by atoms with E-state index >= 15 is 0 Å². The Bertz CT molecular complexity index is 807. The number of fused-ring (bicyclic) bond motifs is 1. The summed E-state index contributed by atoms with van der Waals surface area (Å²) in [6, 6.07) is 8.32. The third kappa shape index (κ3) is 4.89. The number of hydrogen-bond donors (Lipinski definition) is 0. The van der Waals surface area contributed by atoms with Crippen LogP contribution in [0.3, 0.4) is 0 Å². The van der Waals surface area contributed by atoms with Crippen molar-refractivity contribution in [3.8, 4) is 5.75 Å². The molecule has 0 spiro atoms. The molecule has 4 heteroatoms. The van der Waals surface area contributed by atoms with Gasteiger partial charge in [0.1, 0.15) is 0 Å². The van der Waals surface area contributed by atoms with Crippen LogP contribution in [0.25, 0.3) is 10.8 Å². The lowest BCUT2D eigenvalue weighted by Gasteiger charge is -2.33. The van der Waals surface area contributed by atoms with E-state index in [1.807, 2.05) is 24.3 Å². The average Bonchev–Trinajstić information content (AvgIpc) is 2.67. The van der Waals surface area contributed by atoms with Gasteiger partial charge in [0.25, 0.3) is 0 Å². The van der Waals surface area contributed by atoms with E-state index in [9.17, 15) is 13.2 Å². The van der Waals surface area contributed by atoms with E-state index in [1.165, 1.54) is 12.1 Å². The molecule has 1 aliphatic carbocycles. The van der Waals surface area contributed by atoms with Crippen molar-refractivity contribution in [2.24, 2.45) is 11.8 Å². The Kier molecular flexibility index (Phi) is 6.69. The zero-order valence-corrected chi connectivity index (χ0v) is 16.5. The number of benzene rings is 2. The summed E-state index contributed by atoms with van der Waals surface area (Å²) in [5, 5.41) is 1.39. The van der Waals surface area contributed by atoms with Crippen LogP contribution in [0.5, 0.6) is 5.75 Å². The largest absolute Gasteiger partial charge is 0.429 e. The van der Waals surface area contributed by atoms with Crippen molar-refractivity contribution >= 4 is 10.8 Å². The molecule has 152 valence electrons. The Morgan fingerprint density at radius 1 is 1.11 bits per heavy atom. The normalized spacial score (nSPS) is 20.3. The van der Waals surface area contributed by atoms with Crippen molar-refractivity contribution in [1.82, 2.24) is 0 Å². The first kappa shape index (κ1) is 20.8. The summed E-state index contributed by atoms with van der Waals surface area (Å²) in [4.78, 5) is 0. The molecule has 28 heavy (non-hydrogen) atoms. The first-order valence-corrected chi connectivity index (χ1v) is 10.3. The SMILES string of the molecule is C=CCCc1ccc2cc(OC(F)(F)C3CCC(CCC)CC3)c(F)cc2c1. The molecule has 0 radical (unpaired) electrons. The van der Waals surface area contributed by atoms with Gasteiger partial charge in [0.05, 0.1) is 5.92 Å². The van der Waals surface area contributed by atoms with Crippen molar-refractivity contribution in [2.45, 2.75) is 64.4 Å². The minimum absolute atomic E-state index is 0.368. The molecule has 3 rings (SSSR count). The maximum atomic E-state index is 14.7. The van der Waals surface area contributed by atoms with Gasteiger partial charge in [0, 0.05) is 0 Å². The fraction of sp³-hybridized carbons (Fsp3) is 0.500. The van der Waals surface area contributed by atoms with Gasteiger partial charge in [-0.1, -0.05) is 44.0 Å².